The lowest BCUT2D eigenvalue weighted by molar-refractivity contribution is 0.299. The molecule has 1 heterocycles. The molecule has 9 heteroatoms. The summed E-state index contributed by atoms with van der Waals surface area (Å²) >= 11 is 0. The standard InChI is InChI=1S/C15H15N5O3S/c16-24(22,23)14-7-3-12(4-8-14)15-17-18-19-20(15)13-5-1-11(2-6-13)9-10-21/h1-8,21H,9-10H2,(H2,16,22,23). The Kier molecular flexibility index (Phi) is 4.38. The van der Waals surface area contributed by atoms with Crippen LogP contribution in [-0.4, -0.2) is 40.3 Å². The number of aromatic nitrogens is 4. The van der Waals surface area contributed by atoms with Gasteiger partial charge in [0.2, 0.25) is 10.0 Å². The minimum absolute atomic E-state index is 0.0265. The van der Waals surface area contributed by atoms with Gasteiger partial charge in [-0.2, -0.15) is 4.68 Å². The summed E-state index contributed by atoms with van der Waals surface area (Å²) in [7, 11) is -3.74. The first-order valence-corrected chi connectivity index (χ1v) is 8.65. The second-order valence-electron chi connectivity index (χ2n) is 5.12. The van der Waals surface area contributed by atoms with Crippen LogP contribution in [-0.2, 0) is 16.4 Å². The highest BCUT2D eigenvalue weighted by atomic mass is 32.2. The largest absolute Gasteiger partial charge is 0.396 e. The fourth-order valence-electron chi connectivity index (χ4n) is 2.27. The second kappa shape index (κ2) is 6.48. The monoisotopic (exact) mass is 345 g/mol. The Bertz CT molecular complexity index is 934. The first-order valence-electron chi connectivity index (χ1n) is 7.11. The summed E-state index contributed by atoms with van der Waals surface area (Å²) in [6.07, 6.45) is 0.581. The maximum Gasteiger partial charge on any atom is 0.238 e. The normalized spacial score (nSPS) is 11.6. The minimum Gasteiger partial charge on any atom is -0.396 e. The van der Waals surface area contributed by atoms with Crippen LogP contribution in [0.1, 0.15) is 5.56 Å². The molecule has 124 valence electrons. The van der Waals surface area contributed by atoms with Gasteiger partial charge in [-0.1, -0.05) is 12.1 Å². The van der Waals surface area contributed by atoms with Crippen LogP contribution in [0.3, 0.4) is 0 Å². The van der Waals surface area contributed by atoms with Gasteiger partial charge in [0.15, 0.2) is 5.82 Å². The Morgan fingerprint density at radius 3 is 2.29 bits per heavy atom. The fourth-order valence-corrected chi connectivity index (χ4v) is 2.78. The summed E-state index contributed by atoms with van der Waals surface area (Å²) in [4.78, 5) is 0.0265. The number of tetrazole rings is 1. The van der Waals surface area contributed by atoms with Crippen molar-refractivity contribution in [2.45, 2.75) is 11.3 Å². The van der Waals surface area contributed by atoms with Crippen LogP contribution in [0.2, 0.25) is 0 Å². The molecule has 0 aliphatic carbocycles. The van der Waals surface area contributed by atoms with E-state index in [0.717, 1.165) is 11.3 Å². The predicted molar refractivity (Wildman–Crippen MR) is 86.8 cm³/mol. The van der Waals surface area contributed by atoms with Crippen LogP contribution in [0.25, 0.3) is 17.1 Å². The number of hydrogen-bond donors (Lipinski definition) is 2. The van der Waals surface area contributed by atoms with E-state index in [1.807, 2.05) is 24.3 Å². The number of primary sulfonamides is 1. The summed E-state index contributed by atoms with van der Waals surface area (Å²) in [5, 5.41) is 25.7. The Labute approximate surface area is 138 Å². The van der Waals surface area contributed by atoms with Gasteiger partial charge >= 0.3 is 0 Å². The van der Waals surface area contributed by atoms with Gasteiger partial charge in [-0.3, -0.25) is 0 Å². The van der Waals surface area contributed by atoms with Crippen molar-refractivity contribution in [1.82, 2.24) is 20.2 Å². The molecule has 8 nitrogen and oxygen atoms in total. The molecule has 3 N–H and O–H groups in total. The maximum absolute atomic E-state index is 11.3. The predicted octanol–water partition coefficient (Wildman–Crippen LogP) is 0.511. The van der Waals surface area contributed by atoms with Gasteiger partial charge in [0.25, 0.3) is 0 Å². The number of benzene rings is 2. The highest BCUT2D eigenvalue weighted by Gasteiger charge is 2.13. The average Bonchev–Trinajstić information content (AvgIpc) is 3.05. The van der Waals surface area contributed by atoms with Crippen LogP contribution in [0.15, 0.2) is 53.4 Å². The summed E-state index contributed by atoms with van der Waals surface area (Å²) in [5.41, 5.74) is 2.42. The number of aliphatic hydroxyl groups is 1. The van der Waals surface area contributed by atoms with Crippen LogP contribution < -0.4 is 5.14 Å². The Hall–Kier alpha value is -2.62. The van der Waals surface area contributed by atoms with Crippen molar-refractivity contribution >= 4 is 10.0 Å². The van der Waals surface area contributed by atoms with Crippen molar-refractivity contribution < 1.29 is 13.5 Å². The van der Waals surface area contributed by atoms with E-state index in [0.29, 0.717) is 17.8 Å². The van der Waals surface area contributed by atoms with E-state index in [-0.39, 0.29) is 11.5 Å². The maximum atomic E-state index is 11.3. The number of nitrogens with zero attached hydrogens (tertiary/aromatic N) is 4. The molecule has 0 radical (unpaired) electrons. The van der Waals surface area contributed by atoms with E-state index in [4.69, 9.17) is 10.2 Å². The van der Waals surface area contributed by atoms with Gasteiger partial charge in [-0.25, -0.2) is 13.6 Å². The molecule has 0 amide bonds. The van der Waals surface area contributed by atoms with Crippen molar-refractivity contribution in [1.29, 1.82) is 0 Å². The molecular weight excluding hydrogens is 330 g/mol. The van der Waals surface area contributed by atoms with Gasteiger partial charge in [-0.05, 0) is 58.8 Å². The number of aliphatic hydroxyl groups excluding tert-OH is 1. The quantitative estimate of drug-likeness (QED) is 0.694. The van der Waals surface area contributed by atoms with E-state index in [1.165, 1.54) is 12.1 Å². The van der Waals surface area contributed by atoms with E-state index >= 15 is 0 Å². The minimum atomic E-state index is -3.74. The number of nitrogens with two attached hydrogens (primary N) is 1. The lowest BCUT2D eigenvalue weighted by Crippen LogP contribution is -2.11. The summed E-state index contributed by atoms with van der Waals surface area (Å²) in [6.45, 7) is 0.0892. The smallest absolute Gasteiger partial charge is 0.238 e. The lowest BCUT2D eigenvalue weighted by Gasteiger charge is -2.06. The zero-order valence-electron chi connectivity index (χ0n) is 12.6. The highest BCUT2D eigenvalue weighted by Crippen LogP contribution is 2.21. The summed E-state index contributed by atoms with van der Waals surface area (Å²) in [5.74, 6) is 0.478. The van der Waals surface area contributed by atoms with Crippen LogP contribution >= 0.6 is 0 Å². The highest BCUT2D eigenvalue weighted by molar-refractivity contribution is 7.89. The first kappa shape index (κ1) is 16.2. The van der Waals surface area contributed by atoms with E-state index in [1.54, 1.807) is 16.8 Å². The van der Waals surface area contributed by atoms with Crippen molar-refractivity contribution in [3.8, 4) is 17.1 Å². The molecular formula is C15H15N5O3S. The number of sulfonamides is 1. The molecule has 0 aliphatic rings. The second-order valence-corrected chi connectivity index (χ2v) is 6.69. The van der Waals surface area contributed by atoms with Crippen molar-refractivity contribution in [2.24, 2.45) is 5.14 Å². The molecule has 0 aliphatic heterocycles. The van der Waals surface area contributed by atoms with Crippen molar-refractivity contribution in [3.05, 3.63) is 54.1 Å². The van der Waals surface area contributed by atoms with E-state index < -0.39 is 10.0 Å². The first-order chi connectivity index (χ1) is 11.5. The summed E-state index contributed by atoms with van der Waals surface area (Å²) < 4.78 is 24.2. The Morgan fingerprint density at radius 1 is 1.04 bits per heavy atom. The zero-order chi connectivity index (χ0) is 17.2. The van der Waals surface area contributed by atoms with Crippen molar-refractivity contribution in [3.63, 3.8) is 0 Å². The fraction of sp³-hybridized carbons (Fsp3) is 0.133. The van der Waals surface area contributed by atoms with Gasteiger partial charge in [0, 0.05) is 12.2 Å². The third-order valence-electron chi connectivity index (χ3n) is 3.49. The van der Waals surface area contributed by atoms with Crippen LogP contribution in [0.4, 0.5) is 0 Å². The number of rotatable bonds is 5. The zero-order valence-corrected chi connectivity index (χ0v) is 13.4. The molecule has 2 aromatic carbocycles. The molecule has 24 heavy (non-hydrogen) atoms. The summed E-state index contributed by atoms with van der Waals surface area (Å²) in [6, 6.07) is 13.5. The van der Waals surface area contributed by atoms with Crippen LogP contribution in [0.5, 0.6) is 0 Å². The van der Waals surface area contributed by atoms with E-state index in [9.17, 15) is 8.42 Å². The van der Waals surface area contributed by atoms with Gasteiger partial charge < -0.3 is 5.11 Å². The average molecular weight is 345 g/mol. The molecule has 0 unspecified atom stereocenters. The third kappa shape index (κ3) is 3.32. The Balaban J connectivity index is 1.95. The number of hydrogen-bond acceptors (Lipinski definition) is 6. The third-order valence-corrected chi connectivity index (χ3v) is 4.42. The van der Waals surface area contributed by atoms with Gasteiger partial charge in [0.05, 0.1) is 10.6 Å². The molecule has 0 saturated heterocycles. The molecule has 3 rings (SSSR count). The molecule has 0 atom stereocenters. The molecule has 0 saturated carbocycles. The Morgan fingerprint density at radius 2 is 1.71 bits per heavy atom. The molecule has 1 aromatic heterocycles. The van der Waals surface area contributed by atoms with Gasteiger partial charge in [0.1, 0.15) is 0 Å². The topological polar surface area (TPSA) is 124 Å². The molecule has 0 bridgehead atoms. The molecule has 0 fully saturated rings. The lowest BCUT2D eigenvalue weighted by atomic mass is 10.1. The van der Waals surface area contributed by atoms with E-state index in [2.05, 4.69) is 15.5 Å². The molecule has 3 aromatic rings. The van der Waals surface area contributed by atoms with Gasteiger partial charge in [-0.15, -0.1) is 5.10 Å². The SMILES string of the molecule is NS(=O)(=O)c1ccc(-c2nnnn2-c2ccc(CCO)cc2)cc1. The van der Waals surface area contributed by atoms with Crippen LogP contribution in [0, 0.1) is 0 Å². The molecule has 0 spiro atoms. The van der Waals surface area contributed by atoms with Crippen molar-refractivity contribution in [2.75, 3.05) is 6.61 Å².